The number of nitrogens with one attached hydrogen (secondary N) is 1. The van der Waals surface area contributed by atoms with Crippen molar-refractivity contribution >= 4 is 38.8 Å². The number of nitrogens with two attached hydrogens (primary N) is 1. The molecule has 1 aliphatic rings. The van der Waals surface area contributed by atoms with E-state index in [2.05, 4.69) is 19.7 Å². The van der Waals surface area contributed by atoms with E-state index in [1.807, 2.05) is 35.8 Å². The van der Waals surface area contributed by atoms with Gasteiger partial charge in [0.05, 0.1) is 5.25 Å². The molecule has 0 aliphatic carbocycles. The lowest BCUT2D eigenvalue weighted by atomic mass is 10.1. The summed E-state index contributed by atoms with van der Waals surface area (Å²) in [6.45, 7) is 5.72. The van der Waals surface area contributed by atoms with E-state index in [-0.39, 0.29) is 19.2 Å². The first-order valence-electron chi connectivity index (χ1n) is 10.9. The Hall–Kier alpha value is -3.29. The predicted molar refractivity (Wildman–Crippen MR) is 131 cm³/mol. The highest BCUT2D eigenvalue weighted by atomic mass is 32.2. The summed E-state index contributed by atoms with van der Waals surface area (Å²) >= 11 is 1.37. The lowest BCUT2D eigenvalue weighted by Gasteiger charge is -2.13. The number of aromatic nitrogens is 4. The van der Waals surface area contributed by atoms with Crippen LogP contribution in [0.15, 0.2) is 45.1 Å². The smallest absolute Gasteiger partial charge is 0.231 e. The number of anilines is 1. The maximum atomic E-state index is 12.2. The standard InChI is InChI=1S/C22H24N6O5S2/c1-12(2)35(29,30)26-6-7-28-21-19(20(23)24-10-25-21)27-22(28)34-18-9-17-16(31-11-32-17)8-14(18)15-5-4-13(3)33-15/h4-5,8-10,12,26H,6-7,11H2,1-3H3,(H2,23,24,25). The summed E-state index contributed by atoms with van der Waals surface area (Å²) in [6.07, 6.45) is 1.36. The van der Waals surface area contributed by atoms with Crippen molar-refractivity contribution in [3.63, 3.8) is 0 Å². The van der Waals surface area contributed by atoms with Crippen LogP contribution >= 0.6 is 11.8 Å². The number of rotatable bonds is 8. The number of nitrogen functional groups attached to an aromatic ring is 1. The van der Waals surface area contributed by atoms with Gasteiger partial charge in [-0.2, -0.15) is 0 Å². The minimum atomic E-state index is -3.42. The molecule has 0 saturated carbocycles. The molecule has 3 N–H and O–H groups in total. The van der Waals surface area contributed by atoms with Gasteiger partial charge in [0.25, 0.3) is 0 Å². The highest BCUT2D eigenvalue weighted by Gasteiger charge is 2.24. The molecule has 4 heterocycles. The molecule has 3 aromatic heterocycles. The summed E-state index contributed by atoms with van der Waals surface area (Å²) < 4.78 is 46.0. The Bertz CT molecular complexity index is 1510. The third-order valence-electron chi connectivity index (χ3n) is 5.47. The zero-order valence-corrected chi connectivity index (χ0v) is 20.9. The quantitative estimate of drug-likeness (QED) is 0.358. The highest BCUT2D eigenvalue weighted by Crippen LogP contribution is 2.45. The van der Waals surface area contributed by atoms with Crippen LogP contribution in [0.3, 0.4) is 0 Å². The first-order valence-corrected chi connectivity index (χ1v) is 13.2. The van der Waals surface area contributed by atoms with Crippen LogP contribution in [0, 0.1) is 6.92 Å². The first kappa shape index (κ1) is 23.5. The summed E-state index contributed by atoms with van der Waals surface area (Å²) in [6, 6.07) is 7.53. The van der Waals surface area contributed by atoms with Gasteiger partial charge in [-0.3, -0.25) is 0 Å². The van der Waals surface area contributed by atoms with Crippen LogP contribution in [0.4, 0.5) is 5.82 Å². The molecule has 0 unspecified atom stereocenters. The molecule has 13 heteroatoms. The highest BCUT2D eigenvalue weighted by molar-refractivity contribution is 7.99. The number of hydrogen-bond acceptors (Lipinski definition) is 10. The molecule has 0 saturated heterocycles. The Labute approximate surface area is 206 Å². The molecule has 35 heavy (non-hydrogen) atoms. The van der Waals surface area contributed by atoms with Crippen molar-refractivity contribution < 1.29 is 22.3 Å². The Kier molecular flexibility index (Phi) is 6.07. The van der Waals surface area contributed by atoms with Crippen molar-refractivity contribution in [3.8, 4) is 22.8 Å². The molecule has 0 spiro atoms. The number of ether oxygens (including phenoxy) is 2. The van der Waals surface area contributed by atoms with Crippen molar-refractivity contribution in [3.05, 3.63) is 36.4 Å². The van der Waals surface area contributed by atoms with Gasteiger partial charge in [-0.05, 0) is 45.0 Å². The molecule has 1 aromatic carbocycles. The third-order valence-corrected chi connectivity index (χ3v) is 8.37. The second-order valence-electron chi connectivity index (χ2n) is 8.18. The van der Waals surface area contributed by atoms with Crippen molar-refractivity contribution in [2.75, 3.05) is 19.1 Å². The molecule has 184 valence electrons. The molecule has 0 radical (unpaired) electrons. The third kappa shape index (κ3) is 4.54. The Balaban J connectivity index is 1.55. The van der Waals surface area contributed by atoms with E-state index >= 15 is 0 Å². The number of imidazole rings is 1. The average molecular weight is 517 g/mol. The van der Waals surface area contributed by atoms with Crippen LogP contribution in [-0.2, 0) is 16.6 Å². The van der Waals surface area contributed by atoms with E-state index in [1.54, 1.807) is 13.8 Å². The number of fused-ring (bicyclic) bond motifs is 2. The molecular formula is C22H24N6O5S2. The molecule has 0 bridgehead atoms. The SMILES string of the molecule is Cc1ccc(-c2cc3c(cc2Sc2nc4c(N)ncnc4n2CCNS(=O)(=O)C(C)C)OCO3)o1. The van der Waals surface area contributed by atoms with Crippen LogP contribution in [-0.4, -0.2) is 46.5 Å². The van der Waals surface area contributed by atoms with E-state index in [0.717, 1.165) is 16.2 Å². The number of benzene rings is 1. The fraction of sp³-hybridized carbons (Fsp3) is 0.318. The molecule has 0 amide bonds. The van der Waals surface area contributed by atoms with Crippen LogP contribution in [0.25, 0.3) is 22.5 Å². The van der Waals surface area contributed by atoms with Gasteiger partial charge in [0.2, 0.25) is 16.8 Å². The fourth-order valence-electron chi connectivity index (χ4n) is 3.56. The van der Waals surface area contributed by atoms with Gasteiger partial charge in [-0.15, -0.1) is 0 Å². The van der Waals surface area contributed by atoms with Gasteiger partial charge in [0, 0.05) is 23.5 Å². The summed E-state index contributed by atoms with van der Waals surface area (Å²) in [5, 5.41) is 0.0288. The maximum Gasteiger partial charge on any atom is 0.231 e. The zero-order valence-electron chi connectivity index (χ0n) is 19.3. The van der Waals surface area contributed by atoms with Crippen molar-refractivity contribution in [2.45, 2.75) is 42.6 Å². The molecule has 1 aliphatic heterocycles. The van der Waals surface area contributed by atoms with Crippen molar-refractivity contribution in [1.82, 2.24) is 24.2 Å². The second kappa shape index (κ2) is 9.06. The van der Waals surface area contributed by atoms with Crippen molar-refractivity contribution in [1.29, 1.82) is 0 Å². The van der Waals surface area contributed by atoms with E-state index in [9.17, 15) is 8.42 Å². The van der Waals surface area contributed by atoms with Crippen LogP contribution in [0.2, 0.25) is 0 Å². The van der Waals surface area contributed by atoms with Crippen LogP contribution < -0.4 is 19.9 Å². The lowest BCUT2D eigenvalue weighted by molar-refractivity contribution is 0.174. The molecule has 0 fully saturated rings. The number of furan rings is 1. The molecule has 11 nitrogen and oxygen atoms in total. The fourth-order valence-corrected chi connectivity index (χ4v) is 5.32. The molecular weight excluding hydrogens is 492 g/mol. The van der Waals surface area contributed by atoms with Gasteiger partial charge < -0.3 is 24.2 Å². The monoisotopic (exact) mass is 516 g/mol. The largest absolute Gasteiger partial charge is 0.461 e. The molecule has 0 atom stereocenters. The number of aryl methyl sites for hydroxylation is 1. The maximum absolute atomic E-state index is 12.2. The number of nitrogens with zero attached hydrogens (tertiary/aromatic N) is 4. The average Bonchev–Trinajstić information content (AvgIpc) is 3.53. The molecule has 4 aromatic rings. The first-order chi connectivity index (χ1) is 16.7. The van der Waals surface area contributed by atoms with Crippen LogP contribution in [0.1, 0.15) is 19.6 Å². The summed E-state index contributed by atoms with van der Waals surface area (Å²) in [4.78, 5) is 13.9. The topological polar surface area (TPSA) is 147 Å². The van der Waals surface area contributed by atoms with Gasteiger partial charge in [0.15, 0.2) is 33.6 Å². The minimum Gasteiger partial charge on any atom is -0.461 e. The Morgan fingerprint density at radius 3 is 2.69 bits per heavy atom. The van der Waals surface area contributed by atoms with Crippen LogP contribution in [0.5, 0.6) is 11.5 Å². The van der Waals surface area contributed by atoms with Crippen molar-refractivity contribution in [2.24, 2.45) is 0 Å². The van der Waals surface area contributed by atoms with Gasteiger partial charge in [-0.25, -0.2) is 28.1 Å². The molecule has 5 rings (SSSR count). The number of sulfonamides is 1. The van der Waals surface area contributed by atoms with E-state index in [0.29, 0.717) is 40.1 Å². The van der Waals surface area contributed by atoms with E-state index in [1.165, 1.54) is 18.1 Å². The second-order valence-corrected chi connectivity index (χ2v) is 11.5. The summed E-state index contributed by atoms with van der Waals surface area (Å²) in [5.41, 5.74) is 7.83. The Morgan fingerprint density at radius 1 is 1.20 bits per heavy atom. The van der Waals surface area contributed by atoms with Gasteiger partial charge in [0.1, 0.15) is 17.8 Å². The normalized spacial score (nSPS) is 13.3. The van der Waals surface area contributed by atoms with Gasteiger partial charge in [-0.1, -0.05) is 11.8 Å². The zero-order chi connectivity index (χ0) is 24.7. The summed E-state index contributed by atoms with van der Waals surface area (Å²) in [7, 11) is -3.42. The minimum absolute atomic E-state index is 0.140. The van der Waals surface area contributed by atoms with E-state index in [4.69, 9.17) is 19.6 Å². The Morgan fingerprint density at radius 2 is 1.97 bits per heavy atom. The van der Waals surface area contributed by atoms with E-state index < -0.39 is 15.3 Å². The summed E-state index contributed by atoms with van der Waals surface area (Å²) in [5.74, 6) is 2.94. The van der Waals surface area contributed by atoms with Gasteiger partial charge >= 0.3 is 0 Å². The number of hydrogen-bond donors (Lipinski definition) is 2. The lowest BCUT2D eigenvalue weighted by Crippen LogP contribution is -2.33. The predicted octanol–water partition coefficient (Wildman–Crippen LogP) is 3.18.